The number of amides is 1. The molecule has 3 rings (SSSR count). The number of hydrogen-bond donors (Lipinski definition) is 1. The van der Waals surface area contributed by atoms with Gasteiger partial charge in [0.1, 0.15) is 11.5 Å². The predicted molar refractivity (Wildman–Crippen MR) is 115 cm³/mol. The Kier molecular flexibility index (Phi) is 6.95. The van der Waals surface area contributed by atoms with Gasteiger partial charge in [0.15, 0.2) is 0 Å². The van der Waals surface area contributed by atoms with Gasteiger partial charge in [0.2, 0.25) is 0 Å². The van der Waals surface area contributed by atoms with Gasteiger partial charge >= 0.3 is 5.97 Å². The Balaban J connectivity index is 1.55. The zero-order chi connectivity index (χ0) is 21.3. The van der Waals surface area contributed by atoms with Crippen LogP contribution in [0.3, 0.4) is 0 Å². The van der Waals surface area contributed by atoms with E-state index in [4.69, 9.17) is 9.47 Å². The first-order valence-electron chi connectivity index (χ1n) is 9.51. The zero-order valence-electron chi connectivity index (χ0n) is 16.8. The van der Waals surface area contributed by atoms with Crippen molar-refractivity contribution in [2.45, 2.75) is 13.8 Å². The molecule has 30 heavy (non-hydrogen) atoms. The maximum atomic E-state index is 12.2. The first-order valence-corrected chi connectivity index (χ1v) is 9.51. The minimum atomic E-state index is -0.454. The fraction of sp³-hybridized carbons (Fsp3) is 0.125. The van der Waals surface area contributed by atoms with Gasteiger partial charge in [-0.3, -0.25) is 4.79 Å². The van der Waals surface area contributed by atoms with E-state index in [9.17, 15) is 9.59 Å². The summed E-state index contributed by atoms with van der Waals surface area (Å²) in [5, 5.41) is 3.98. The summed E-state index contributed by atoms with van der Waals surface area (Å²) in [5.74, 6) is 0.386. The number of esters is 1. The third-order valence-corrected chi connectivity index (χ3v) is 4.26. The number of aryl methyl sites for hydroxylation is 1. The fourth-order valence-electron chi connectivity index (χ4n) is 2.70. The topological polar surface area (TPSA) is 77.0 Å². The average molecular weight is 402 g/mol. The lowest BCUT2D eigenvalue weighted by Gasteiger charge is -2.06. The van der Waals surface area contributed by atoms with Crippen LogP contribution >= 0.6 is 0 Å². The number of nitrogens with one attached hydrogen (secondary N) is 1. The molecule has 0 atom stereocenters. The molecule has 0 radical (unpaired) electrons. The van der Waals surface area contributed by atoms with Gasteiger partial charge in [0.25, 0.3) is 5.91 Å². The molecule has 3 aromatic carbocycles. The van der Waals surface area contributed by atoms with Crippen molar-refractivity contribution in [3.63, 3.8) is 0 Å². The maximum Gasteiger partial charge on any atom is 0.343 e. The highest BCUT2D eigenvalue weighted by Gasteiger charge is 2.09. The van der Waals surface area contributed by atoms with E-state index in [2.05, 4.69) is 10.5 Å². The summed E-state index contributed by atoms with van der Waals surface area (Å²) in [7, 11) is 0. The summed E-state index contributed by atoms with van der Waals surface area (Å²) < 4.78 is 10.7. The lowest BCUT2D eigenvalue weighted by Crippen LogP contribution is -2.18. The molecule has 0 aliphatic rings. The molecule has 3 aromatic rings. The van der Waals surface area contributed by atoms with E-state index in [0.717, 1.165) is 11.1 Å². The normalized spacial score (nSPS) is 10.6. The quantitative estimate of drug-likeness (QED) is 0.275. The van der Waals surface area contributed by atoms with Crippen molar-refractivity contribution >= 4 is 18.1 Å². The number of hydrazone groups is 1. The van der Waals surface area contributed by atoms with Crippen LogP contribution in [0, 0.1) is 6.92 Å². The minimum Gasteiger partial charge on any atom is -0.494 e. The Hall–Kier alpha value is -3.93. The molecule has 1 N–H and O–H groups in total. The van der Waals surface area contributed by atoms with Gasteiger partial charge in [-0.05, 0) is 79.6 Å². The first kappa shape index (κ1) is 20.8. The van der Waals surface area contributed by atoms with E-state index >= 15 is 0 Å². The van der Waals surface area contributed by atoms with Crippen molar-refractivity contribution < 1.29 is 19.1 Å². The average Bonchev–Trinajstić information content (AvgIpc) is 2.76. The van der Waals surface area contributed by atoms with Crippen LogP contribution < -0.4 is 14.9 Å². The lowest BCUT2D eigenvalue weighted by atomic mass is 10.1. The van der Waals surface area contributed by atoms with Crippen LogP contribution in [0.5, 0.6) is 11.5 Å². The molecule has 0 aromatic heterocycles. The van der Waals surface area contributed by atoms with Crippen LogP contribution in [-0.4, -0.2) is 24.7 Å². The maximum absolute atomic E-state index is 12.2. The molecular formula is C24H22N2O4. The van der Waals surface area contributed by atoms with E-state index in [1.54, 1.807) is 60.7 Å². The van der Waals surface area contributed by atoms with Gasteiger partial charge in [-0.1, -0.05) is 18.2 Å². The number of nitrogens with zero attached hydrogens (tertiary/aromatic N) is 1. The third kappa shape index (κ3) is 5.54. The number of ether oxygens (including phenoxy) is 2. The number of rotatable bonds is 7. The van der Waals surface area contributed by atoms with Crippen LogP contribution in [0.25, 0.3) is 0 Å². The second-order valence-electron chi connectivity index (χ2n) is 6.43. The van der Waals surface area contributed by atoms with Crippen LogP contribution in [0.4, 0.5) is 0 Å². The van der Waals surface area contributed by atoms with Crippen LogP contribution in [0.15, 0.2) is 77.9 Å². The molecule has 0 heterocycles. The third-order valence-electron chi connectivity index (χ3n) is 4.26. The number of carbonyl (C=O) groups is 2. The Morgan fingerprint density at radius 2 is 1.60 bits per heavy atom. The summed E-state index contributed by atoms with van der Waals surface area (Å²) in [6.45, 7) is 4.33. The van der Waals surface area contributed by atoms with Gasteiger partial charge in [-0.25, -0.2) is 10.2 Å². The van der Waals surface area contributed by atoms with E-state index in [-0.39, 0.29) is 5.91 Å². The first-order chi connectivity index (χ1) is 14.6. The van der Waals surface area contributed by atoms with Crippen LogP contribution in [-0.2, 0) is 0 Å². The molecule has 0 fully saturated rings. The molecule has 0 unspecified atom stereocenters. The summed E-state index contributed by atoms with van der Waals surface area (Å²) in [5.41, 5.74) is 5.14. The minimum absolute atomic E-state index is 0.273. The van der Waals surface area contributed by atoms with Gasteiger partial charge in [-0.2, -0.15) is 5.10 Å². The molecule has 6 heteroatoms. The molecular weight excluding hydrogens is 380 g/mol. The van der Waals surface area contributed by atoms with Crippen LogP contribution in [0.2, 0.25) is 0 Å². The second kappa shape index (κ2) is 10.0. The number of hydrogen-bond acceptors (Lipinski definition) is 5. The molecule has 0 aliphatic heterocycles. The highest BCUT2D eigenvalue weighted by atomic mass is 16.5. The molecule has 152 valence electrons. The second-order valence-corrected chi connectivity index (χ2v) is 6.43. The number of carbonyl (C=O) groups excluding carboxylic acids is 2. The summed E-state index contributed by atoms with van der Waals surface area (Å²) >= 11 is 0. The Morgan fingerprint density at radius 3 is 2.27 bits per heavy atom. The van der Waals surface area contributed by atoms with Gasteiger partial charge in [0.05, 0.1) is 18.4 Å². The van der Waals surface area contributed by atoms with Crippen molar-refractivity contribution in [1.82, 2.24) is 5.43 Å². The van der Waals surface area contributed by atoms with Crippen LogP contribution in [0.1, 0.15) is 38.8 Å². The van der Waals surface area contributed by atoms with Gasteiger partial charge < -0.3 is 9.47 Å². The van der Waals surface area contributed by atoms with E-state index in [1.807, 2.05) is 26.0 Å². The zero-order valence-corrected chi connectivity index (χ0v) is 16.8. The largest absolute Gasteiger partial charge is 0.494 e. The van der Waals surface area contributed by atoms with Crippen molar-refractivity contribution in [3.05, 3.63) is 95.1 Å². The van der Waals surface area contributed by atoms with E-state index < -0.39 is 5.97 Å². The molecule has 0 saturated carbocycles. The number of benzene rings is 3. The highest BCUT2D eigenvalue weighted by Crippen LogP contribution is 2.16. The highest BCUT2D eigenvalue weighted by molar-refractivity contribution is 5.96. The van der Waals surface area contributed by atoms with Gasteiger partial charge in [-0.15, -0.1) is 0 Å². The monoisotopic (exact) mass is 402 g/mol. The van der Waals surface area contributed by atoms with Crippen molar-refractivity contribution in [2.75, 3.05) is 6.61 Å². The smallest absolute Gasteiger partial charge is 0.343 e. The molecule has 0 spiro atoms. The van der Waals surface area contributed by atoms with E-state index in [1.165, 1.54) is 6.21 Å². The van der Waals surface area contributed by atoms with Gasteiger partial charge in [0, 0.05) is 5.56 Å². The summed E-state index contributed by atoms with van der Waals surface area (Å²) in [6.07, 6.45) is 1.52. The Labute approximate surface area is 175 Å². The van der Waals surface area contributed by atoms with Crippen molar-refractivity contribution in [3.8, 4) is 11.5 Å². The van der Waals surface area contributed by atoms with Crippen molar-refractivity contribution in [2.24, 2.45) is 5.10 Å². The molecule has 1 amide bonds. The van der Waals surface area contributed by atoms with Crippen molar-refractivity contribution in [1.29, 1.82) is 0 Å². The molecule has 0 bridgehead atoms. The summed E-state index contributed by atoms with van der Waals surface area (Å²) in [4.78, 5) is 24.4. The molecule has 6 nitrogen and oxygen atoms in total. The fourth-order valence-corrected chi connectivity index (χ4v) is 2.70. The Morgan fingerprint density at radius 1 is 0.933 bits per heavy atom. The summed E-state index contributed by atoms with van der Waals surface area (Å²) in [6, 6.07) is 20.9. The predicted octanol–water partition coefficient (Wildman–Crippen LogP) is 4.38. The molecule has 0 saturated heterocycles. The Bertz CT molecular complexity index is 1040. The van der Waals surface area contributed by atoms with E-state index in [0.29, 0.717) is 29.2 Å². The molecule has 0 aliphatic carbocycles. The standard InChI is InChI=1S/C24H22N2O4/c1-3-29-20-14-10-19(11-15-20)24(28)30-21-12-8-18(9-13-21)16-25-26-23(27)22-7-5-4-6-17(22)2/h4-16H,3H2,1-2H3,(H,26,27). The SMILES string of the molecule is CCOc1ccc(C(=O)Oc2ccc(C=NNC(=O)c3ccccc3C)cc2)cc1. The lowest BCUT2D eigenvalue weighted by molar-refractivity contribution is 0.0734.